The molecule has 1 aliphatic heterocycles. The lowest BCUT2D eigenvalue weighted by atomic mass is 10.0. The van der Waals surface area contributed by atoms with Gasteiger partial charge in [-0.05, 0) is 55.2 Å². The van der Waals surface area contributed by atoms with Crippen LogP contribution in [0.25, 0.3) is 11.1 Å². The minimum absolute atomic E-state index is 0.00401. The van der Waals surface area contributed by atoms with Gasteiger partial charge in [-0.1, -0.05) is 0 Å². The van der Waals surface area contributed by atoms with Crippen molar-refractivity contribution in [3.8, 4) is 22.9 Å². The Morgan fingerprint density at radius 3 is 2.76 bits per heavy atom. The van der Waals surface area contributed by atoms with E-state index in [2.05, 4.69) is 20.5 Å². The molecule has 1 saturated carbocycles. The number of fused-ring (bicyclic) bond motifs is 3. The van der Waals surface area contributed by atoms with Crippen molar-refractivity contribution < 1.29 is 23.8 Å². The Labute approximate surface area is 242 Å². The standard InChI is InChI=1S/C30H34FN7O4/c1-16-3-4-18(12-34-16)42-29-35-23-11-19-20(9-17(31)10-22(19)33-2)27(23)28(37-29)38-13-25(30(15-38)7-8-30)36-26(41)6-5-24(40)21(32)14-39/h3-4,9-10,12,21,25,33,39H,5-8,11,13-15,32H2,1-2H3,(H,36,41)/t21-,25-/m0/s1. The molecule has 2 aliphatic carbocycles. The molecule has 1 spiro atoms. The lowest BCUT2D eigenvalue weighted by Crippen LogP contribution is -2.42. The Kier molecular flexibility index (Phi) is 7.27. The van der Waals surface area contributed by atoms with Crippen LogP contribution in [0.2, 0.25) is 0 Å². The fourth-order valence-corrected chi connectivity index (χ4v) is 6.00. The smallest absolute Gasteiger partial charge is 0.324 e. The number of aromatic nitrogens is 3. The van der Waals surface area contributed by atoms with E-state index in [1.807, 2.05) is 13.0 Å². The van der Waals surface area contributed by atoms with Crippen LogP contribution in [0.5, 0.6) is 11.8 Å². The number of aryl methyl sites for hydroxylation is 1. The maximum atomic E-state index is 14.7. The molecule has 1 saturated heterocycles. The molecule has 0 unspecified atom stereocenters. The van der Waals surface area contributed by atoms with Crippen molar-refractivity contribution in [2.24, 2.45) is 11.1 Å². The van der Waals surface area contributed by atoms with E-state index in [0.29, 0.717) is 36.8 Å². The third kappa shape index (κ3) is 5.27. The fourth-order valence-electron chi connectivity index (χ4n) is 6.00. The predicted octanol–water partition coefficient (Wildman–Crippen LogP) is 2.48. The summed E-state index contributed by atoms with van der Waals surface area (Å²) in [5.41, 5.74) is 10.2. The Hall–Kier alpha value is -4.16. The van der Waals surface area contributed by atoms with Crippen LogP contribution in [-0.4, -0.2) is 70.6 Å². The second-order valence-electron chi connectivity index (χ2n) is 11.4. The number of rotatable bonds is 10. The predicted molar refractivity (Wildman–Crippen MR) is 154 cm³/mol. The number of carbonyl (C=O) groups is 2. The molecule has 2 atom stereocenters. The Bertz CT molecular complexity index is 1540. The zero-order valence-corrected chi connectivity index (χ0v) is 23.6. The molecule has 6 rings (SSSR count). The normalized spacial score (nSPS) is 18.4. The lowest BCUT2D eigenvalue weighted by Gasteiger charge is -2.22. The highest BCUT2D eigenvalue weighted by molar-refractivity contribution is 5.89. The maximum absolute atomic E-state index is 14.7. The second kappa shape index (κ2) is 10.9. The van der Waals surface area contributed by atoms with Crippen LogP contribution in [0.15, 0.2) is 30.5 Å². The molecule has 12 heteroatoms. The highest BCUT2D eigenvalue weighted by Gasteiger charge is 2.56. The number of pyridine rings is 1. The molecule has 3 heterocycles. The zero-order chi connectivity index (χ0) is 29.6. The second-order valence-corrected chi connectivity index (χ2v) is 11.4. The first-order chi connectivity index (χ1) is 20.2. The average molecular weight is 576 g/mol. The van der Waals surface area contributed by atoms with E-state index in [1.165, 1.54) is 12.1 Å². The van der Waals surface area contributed by atoms with Gasteiger partial charge in [0.2, 0.25) is 5.91 Å². The van der Waals surface area contributed by atoms with Gasteiger partial charge in [0.15, 0.2) is 5.78 Å². The van der Waals surface area contributed by atoms with E-state index in [9.17, 15) is 14.0 Å². The molecule has 220 valence electrons. The number of aliphatic hydroxyl groups excluding tert-OH is 1. The van der Waals surface area contributed by atoms with Gasteiger partial charge >= 0.3 is 6.01 Å². The van der Waals surface area contributed by atoms with Crippen LogP contribution in [-0.2, 0) is 16.0 Å². The minimum Gasteiger partial charge on any atom is -0.423 e. The highest BCUT2D eigenvalue weighted by atomic mass is 19.1. The Balaban J connectivity index is 1.31. The highest BCUT2D eigenvalue weighted by Crippen LogP contribution is 2.55. The third-order valence-corrected chi connectivity index (χ3v) is 8.52. The summed E-state index contributed by atoms with van der Waals surface area (Å²) in [5, 5.41) is 15.3. The minimum atomic E-state index is -0.974. The number of anilines is 2. The molecule has 2 fully saturated rings. The van der Waals surface area contributed by atoms with E-state index in [-0.39, 0.29) is 47.8 Å². The summed E-state index contributed by atoms with van der Waals surface area (Å²) in [4.78, 5) is 40.9. The van der Waals surface area contributed by atoms with Crippen molar-refractivity contribution in [1.29, 1.82) is 0 Å². The van der Waals surface area contributed by atoms with Crippen LogP contribution >= 0.6 is 0 Å². The number of ketones is 1. The van der Waals surface area contributed by atoms with Gasteiger partial charge in [-0.25, -0.2) is 4.39 Å². The van der Waals surface area contributed by atoms with E-state index in [1.54, 1.807) is 19.3 Å². The van der Waals surface area contributed by atoms with Crippen LogP contribution in [0.1, 0.15) is 42.6 Å². The molecule has 5 N–H and O–H groups in total. The van der Waals surface area contributed by atoms with E-state index in [4.69, 9.17) is 25.5 Å². The van der Waals surface area contributed by atoms with Gasteiger partial charge in [-0.2, -0.15) is 9.97 Å². The molecule has 1 amide bonds. The van der Waals surface area contributed by atoms with Crippen LogP contribution in [0.3, 0.4) is 0 Å². The van der Waals surface area contributed by atoms with Gasteiger partial charge in [0, 0.05) is 61.8 Å². The summed E-state index contributed by atoms with van der Waals surface area (Å²) < 4.78 is 20.8. The number of Topliss-reactive ketones (excluding diaryl/α,β-unsaturated/α-hetero) is 1. The number of amides is 1. The number of carbonyl (C=O) groups excluding carboxylic acids is 2. The Morgan fingerprint density at radius 2 is 2.07 bits per heavy atom. The number of ether oxygens (including phenoxy) is 1. The van der Waals surface area contributed by atoms with E-state index >= 15 is 0 Å². The molecule has 42 heavy (non-hydrogen) atoms. The number of hydrogen-bond acceptors (Lipinski definition) is 10. The molecular weight excluding hydrogens is 541 g/mol. The molecular formula is C30H34FN7O4. The van der Waals surface area contributed by atoms with Crippen molar-refractivity contribution in [3.63, 3.8) is 0 Å². The summed E-state index contributed by atoms with van der Waals surface area (Å²) in [7, 11) is 1.76. The SMILES string of the molecule is CNc1cc(F)cc2c1Cc1nc(Oc3ccc(C)nc3)nc(N3C[C@H](NC(=O)CCC(=O)[C@@H](N)CO)C4(CC4)C3)c1-2. The van der Waals surface area contributed by atoms with Crippen molar-refractivity contribution in [3.05, 3.63) is 53.2 Å². The number of halogens is 1. The molecule has 2 aromatic heterocycles. The quantitative estimate of drug-likeness (QED) is 0.222. The van der Waals surface area contributed by atoms with Gasteiger partial charge in [0.25, 0.3) is 0 Å². The number of benzene rings is 1. The van der Waals surface area contributed by atoms with Gasteiger partial charge < -0.3 is 31.1 Å². The number of nitrogens with one attached hydrogen (secondary N) is 2. The largest absolute Gasteiger partial charge is 0.423 e. The number of hydrogen-bond donors (Lipinski definition) is 4. The number of aliphatic hydroxyl groups is 1. The Morgan fingerprint density at radius 1 is 1.26 bits per heavy atom. The molecule has 1 aromatic carbocycles. The first-order valence-electron chi connectivity index (χ1n) is 14.1. The third-order valence-electron chi connectivity index (χ3n) is 8.52. The summed E-state index contributed by atoms with van der Waals surface area (Å²) in [6, 6.07) is 5.70. The monoisotopic (exact) mass is 575 g/mol. The average Bonchev–Trinajstić information content (AvgIpc) is 3.55. The van der Waals surface area contributed by atoms with E-state index < -0.39 is 12.6 Å². The van der Waals surface area contributed by atoms with Crippen LogP contribution < -0.4 is 26.0 Å². The lowest BCUT2D eigenvalue weighted by molar-refractivity contribution is -0.126. The zero-order valence-electron chi connectivity index (χ0n) is 23.6. The van der Waals surface area contributed by atoms with Gasteiger partial charge in [0.1, 0.15) is 17.4 Å². The van der Waals surface area contributed by atoms with E-state index in [0.717, 1.165) is 40.9 Å². The summed E-state index contributed by atoms with van der Waals surface area (Å²) in [5.74, 6) is 0.199. The van der Waals surface area contributed by atoms with Gasteiger partial charge in [-0.15, -0.1) is 0 Å². The van der Waals surface area contributed by atoms with Gasteiger partial charge in [0.05, 0.1) is 30.6 Å². The first kappa shape index (κ1) is 28.0. The maximum Gasteiger partial charge on any atom is 0.324 e. The molecule has 3 aliphatic rings. The molecule has 0 radical (unpaired) electrons. The molecule has 11 nitrogen and oxygen atoms in total. The van der Waals surface area contributed by atoms with Crippen LogP contribution in [0.4, 0.5) is 15.9 Å². The van der Waals surface area contributed by atoms with Crippen LogP contribution in [0, 0.1) is 18.2 Å². The summed E-state index contributed by atoms with van der Waals surface area (Å²) in [6.45, 7) is 2.60. The topological polar surface area (TPSA) is 156 Å². The molecule has 3 aromatic rings. The summed E-state index contributed by atoms with van der Waals surface area (Å²) in [6.07, 6.45) is 3.98. The number of nitrogens with two attached hydrogens (primary N) is 1. The van der Waals surface area contributed by atoms with Crippen molar-refractivity contribution >= 4 is 23.2 Å². The first-order valence-corrected chi connectivity index (χ1v) is 14.1. The van der Waals surface area contributed by atoms with Crippen molar-refractivity contribution in [2.75, 3.05) is 37.0 Å². The number of nitrogens with zero attached hydrogens (tertiary/aromatic N) is 4. The van der Waals surface area contributed by atoms with Crippen molar-refractivity contribution in [1.82, 2.24) is 20.3 Å². The molecule has 0 bridgehead atoms. The van der Waals surface area contributed by atoms with Crippen molar-refractivity contribution in [2.45, 2.75) is 51.1 Å². The summed E-state index contributed by atoms with van der Waals surface area (Å²) >= 11 is 0. The van der Waals surface area contributed by atoms with Gasteiger partial charge in [-0.3, -0.25) is 14.6 Å². The fraction of sp³-hybridized carbons (Fsp3) is 0.433.